The molecule has 0 bridgehead atoms. The van der Waals surface area contributed by atoms with Crippen molar-refractivity contribution in [2.75, 3.05) is 20.8 Å². The second kappa shape index (κ2) is 6.65. The van der Waals surface area contributed by atoms with Crippen LogP contribution >= 0.6 is 0 Å². The summed E-state index contributed by atoms with van der Waals surface area (Å²) >= 11 is 0. The quantitative estimate of drug-likeness (QED) is 0.603. The average molecular weight is 236 g/mol. The Kier molecular flexibility index (Phi) is 5.16. The summed E-state index contributed by atoms with van der Waals surface area (Å²) in [5.74, 6) is -0.495. The van der Waals surface area contributed by atoms with Gasteiger partial charge < -0.3 is 15.2 Å². The fourth-order valence-corrected chi connectivity index (χ4v) is 1.45. The Balaban J connectivity index is 3.06. The second-order valence-corrected chi connectivity index (χ2v) is 3.33. The fourth-order valence-electron chi connectivity index (χ4n) is 1.45. The highest BCUT2D eigenvalue weighted by atomic mass is 16.5. The lowest BCUT2D eigenvalue weighted by Gasteiger charge is -2.09. The van der Waals surface area contributed by atoms with Crippen LogP contribution in [0.4, 0.5) is 0 Å². The van der Waals surface area contributed by atoms with E-state index in [9.17, 15) is 4.79 Å². The van der Waals surface area contributed by atoms with Gasteiger partial charge in [-0.3, -0.25) is 4.98 Å². The van der Waals surface area contributed by atoms with Crippen molar-refractivity contribution in [3.63, 3.8) is 0 Å². The van der Waals surface area contributed by atoms with Crippen LogP contribution in [-0.4, -0.2) is 31.8 Å². The summed E-state index contributed by atoms with van der Waals surface area (Å²) in [7, 11) is 2.93. The number of carbonyl (C=O) groups excluding carboxylic acids is 1. The Morgan fingerprint density at radius 3 is 2.88 bits per heavy atom. The van der Waals surface area contributed by atoms with Crippen molar-refractivity contribution in [2.45, 2.75) is 6.42 Å². The molecule has 1 rings (SSSR count). The number of carbonyl (C=O) groups is 1. The first-order valence-electron chi connectivity index (χ1n) is 5.18. The number of nitrogens with two attached hydrogens (primary N) is 1. The zero-order valence-corrected chi connectivity index (χ0v) is 9.97. The fraction of sp³-hybridized carbons (Fsp3) is 0.333. The monoisotopic (exact) mass is 236 g/mol. The topological polar surface area (TPSA) is 74.4 Å². The van der Waals surface area contributed by atoms with Gasteiger partial charge in [0.15, 0.2) is 0 Å². The number of pyridine rings is 1. The van der Waals surface area contributed by atoms with Crippen LogP contribution in [-0.2, 0) is 20.7 Å². The number of nitrogens with zero attached hydrogens (tertiary/aromatic N) is 1. The Labute approximate surface area is 100 Å². The summed E-state index contributed by atoms with van der Waals surface area (Å²) in [4.78, 5) is 15.7. The molecule has 0 aliphatic carbocycles. The molecule has 0 aliphatic rings. The highest BCUT2D eigenvalue weighted by Crippen LogP contribution is 2.17. The molecule has 0 amide bonds. The smallest absolute Gasteiger partial charge is 0.341 e. The molecule has 0 saturated carbocycles. The summed E-state index contributed by atoms with van der Waals surface area (Å²) < 4.78 is 9.66. The second-order valence-electron chi connectivity index (χ2n) is 3.33. The summed E-state index contributed by atoms with van der Waals surface area (Å²) in [5.41, 5.74) is 7.15. The van der Waals surface area contributed by atoms with Crippen molar-refractivity contribution < 1.29 is 14.3 Å². The van der Waals surface area contributed by atoms with Crippen LogP contribution < -0.4 is 5.73 Å². The molecule has 0 aromatic carbocycles. The third-order valence-corrected chi connectivity index (χ3v) is 2.29. The molecule has 0 saturated heterocycles. The maximum absolute atomic E-state index is 11.5. The summed E-state index contributed by atoms with van der Waals surface area (Å²) in [5, 5.41) is 0. The summed E-state index contributed by atoms with van der Waals surface area (Å²) in [6, 6.07) is 3.69. The van der Waals surface area contributed by atoms with Gasteiger partial charge in [-0.1, -0.05) is 6.07 Å². The Morgan fingerprint density at radius 2 is 2.29 bits per heavy atom. The van der Waals surface area contributed by atoms with Gasteiger partial charge in [-0.2, -0.15) is 0 Å². The van der Waals surface area contributed by atoms with Crippen LogP contribution in [0.1, 0.15) is 11.3 Å². The zero-order chi connectivity index (χ0) is 12.7. The summed E-state index contributed by atoms with van der Waals surface area (Å²) in [6.45, 7) is 0.553. The molecule has 0 aliphatic heterocycles. The van der Waals surface area contributed by atoms with Crippen LogP contribution in [0.5, 0.6) is 0 Å². The minimum atomic E-state index is -0.495. The predicted octanol–water partition coefficient (Wildman–Crippen LogP) is 0.743. The molecular formula is C12H16N2O3. The van der Waals surface area contributed by atoms with E-state index < -0.39 is 5.97 Å². The zero-order valence-electron chi connectivity index (χ0n) is 9.97. The predicted molar refractivity (Wildman–Crippen MR) is 64.0 cm³/mol. The molecule has 1 aromatic heterocycles. The number of aromatic nitrogens is 1. The summed E-state index contributed by atoms with van der Waals surface area (Å²) in [6.07, 6.45) is 3.48. The number of esters is 1. The molecular weight excluding hydrogens is 220 g/mol. The lowest BCUT2D eigenvalue weighted by atomic mass is 10.0. The minimum Gasteiger partial charge on any atom is -0.465 e. The van der Waals surface area contributed by atoms with E-state index in [0.717, 1.165) is 5.56 Å². The molecule has 1 heterocycles. The van der Waals surface area contributed by atoms with E-state index in [4.69, 9.17) is 10.5 Å². The van der Waals surface area contributed by atoms with Crippen molar-refractivity contribution >= 4 is 11.5 Å². The van der Waals surface area contributed by atoms with Gasteiger partial charge in [-0.05, 0) is 18.1 Å². The van der Waals surface area contributed by atoms with Crippen LogP contribution in [0.25, 0.3) is 5.57 Å². The molecule has 92 valence electrons. The molecule has 5 heteroatoms. The first-order chi connectivity index (χ1) is 8.24. The minimum absolute atomic E-state index is 0.263. The van der Waals surface area contributed by atoms with Gasteiger partial charge >= 0.3 is 5.97 Å². The van der Waals surface area contributed by atoms with E-state index >= 15 is 0 Å². The van der Waals surface area contributed by atoms with Gasteiger partial charge in [0, 0.05) is 19.5 Å². The van der Waals surface area contributed by atoms with Crippen LogP contribution in [0.2, 0.25) is 0 Å². The van der Waals surface area contributed by atoms with Gasteiger partial charge in [0.2, 0.25) is 0 Å². The number of ether oxygens (including phenoxy) is 2. The molecule has 0 atom stereocenters. The maximum atomic E-state index is 11.5. The van der Waals surface area contributed by atoms with Gasteiger partial charge in [0.25, 0.3) is 0 Å². The third-order valence-electron chi connectivity index (χ3n) is 2.29. The maximum Gasteiger partial charge on any atom is 0.341 e. The van der Waals surface area contributed by atoms with E-state index in [1.165, 1.54) is 13.3 Å². The van der Waals surface area contributed by atoms with Gasteiger partial charge in [0.1, 0.15) is 5.57 Å². The van der Waals surface area contributed by atoms with E-state index in [1.807, 2.05) is 6.07 Å². The third kappa shape index (κ3) is 3.29. The van der Waals surface area contributed by atoms with Crippen LogP contribution in [0, 0.1) is 0 Å². The standard InChI is InChI=1S/C12H16N2O3/c1-16-7-5-9-4-3-6-14-11(9)10(8-13)12(15)17-2/h3-4,6,8H,5,7,13H2,1-2H3. The van der Waals surface area contributed by atoms with E-state index in [1.54, 1.807) is 19.4 Å². The Bertz CT molecular complexity index is 416. The Morgan fingerprint density at radius 1 is 1.53 bits per heavy atom. The number of hydrogen-bond donors (Lipinski definition) is 1. The number of methoxy groups -OCH3 is 2. The molecule has 5 nitrogen and oxygen atoms in total. The number of rotatable bonds is 5. The molecule has 0 unspecified atom stereocenters. The van der Waals surface area contributed by atoms with Crippen molar-refractivity contribution in [1.82, 2.24) is 4.98 Å². The highest BCUT2D eigenvalue weighted by molar-refractivity contribution is 6.16. The van der Waals surface area contributed by atoms with Crippen LogP contribution in [0.3, 0.4) is 0 Å². The van der Waals surface area contributed by atoms with E-state index in [0.29, 0.717) is 18.7 Å². The Hall–Kier alpha value is -1.88. The largest absolute Gasteiger partial charge is 0.465 e. The highest BCUT2D eigenvalue weighted by Gasteiger charge is 2.16. The lowest BCUT2D eigenvalue weighted by molar-refractivity contribution is -0.133. The first-order valence-corrected chi connectivity index (χ1v) is 5.18. The van der Waals surface area contributed by atoms with E-state index in [-0.39, 0.29) is 5.57 Å². The SMILES string of the molecule is COCCc1cccnc1C(=CN)C(=O)OC. The van der Waals surface area contributed by atoms with Crippen molar-refractivity contribution in [3.05, 3.63) is 35.8 Å². The average Bonchev–Trinajstić information content (AvgIpc) is 2.38. The lowest BCUT2D eigenvalue weighted by Crippen LogP contribution is -2.10. The normalized spacial score (nSPS) is 11.3. The molecule has 0 fully saturated rings. The van der Waals surface area contributed by atoms with Crippen LogP contribution in [0.15, 0.2) is 24.5 Å². The molecule has 1 aromatic rings. The van der Waals surface area contributed by atoms with Gasteiger partial charge in [-0.25, -0.2) is 4.79 Å². The van der Waals surface area contributed by atoms with Gasteiger partial charge in [-0.15, -0.1) is 0 Å². The van der Waals surface area contributed by atoms with Crippen molar-refractivity contribution in [2.24, 2.45) is 5.73 Å². The van der Waals surface area contributed by atoms with Crippen molar-refractivity contribution in [3.8, 4) is 0 Å². The number of hydrogen-bond acceptors (Lipinski definition) is 5. The molecule has 17 heavy (non-hydrogen) atoms. The molecule has 0 spiro atoms. The molecule has 0 radical (unpaired) electrons. The first kappa shape index (κ1) is 13.2. The molecule has 2 N–H and O–H groups in total. The van der Waals surface area contributed by atoms with E-state index in [2.05, 4.69) is 9.72 Å². The van der Waals surface area contributed by atoms with Crippen molar-refractivity contribution in [1.29, 1.82) is 0 Å². The van der Waals surface area contributed by atoms with Gasteiger partial charge in [0.05, 0.1) is 19.4 Å².